The lowest BCUT2D eigenvalue weighted by Gasteiger charge is -2.32. The fourth-order valence-electron chi connectivity index (χ4n) is 4.36. The minimum absolute atomic E-state index is 0.0711. The summed E-state index contributed by atoms with van der Waals surface area (Å²) in [5, 5.41) is 12.9. The van der Waals surface area contributed by atoms with Crippen LogP contribution in [0.3, 0.4) is 0 Å². The van der Waals surface area contributed by atoms with Crippen molar-refractivity contribution in [2.45, 2.75) is 13.0 Å². The number of rotatable bonds is 9. The first kappa shape index (κ1) is 26.4. The monoisotopic (exact) mass is 518 g/mol. The quantitative estimate of drug-likeness (QED) is 0.385. The number of phenols is 1. The molecular formula is C29H30N2O7. The van der Waals surface area contributed by atoms with E-state index >= 15 is 0 Å². The second-order valence-corrected chi connectivity index (χ2v) is 8.69. The average molecular weight is 519 g/mol. The number of hydrogen-bond acceptors (Lipinski definition) is 8. The molecule has 0 saturated carbocycles. The lowest BCUT2D eigenvalue weighted by Crippen LogP contribution is -2.30. The number of benzene rings is 3. The molecule has 1 aliphatic heterocycles. The summed E-state index contributed by atoms with van der Waals surface area (Å²) in [5.74, 6) is 1.17. The molecule has 9 nitrogen and oxygen atoms in total. The van der Waals surface area contributed by atoms with Crippen molar-refractivity contribution < 1.29 is 33.6 Å². The van der Waals surface area contributed by atoms with E-state index in [9.17, 15) is 14.7 Å². The Kier molecular flexibility index (Phi) is 7.76. The molecule has 1 heterocycles. The molecule has 1 unspecified atom stereocenters. The van der Waals surface area contributed by atoms with Gasteiger partial charge < -0.3 is 34.3 Å². The Morgan fingerprint density at radius 3 is 2.08 bits per heavy atom. The minimum atomic E-state index is -0.365. The zero-order valence-electron chi connectivity index (χ0n) is 21.9. The summed E-state index contributed by atoms with van der Waals surface area (Å²) in [6.07, 6.45) is 3.71. The number of fused-ring (bicyclic) bond motifs is 1. The van der Waals surface area contributed by atoms with Crippen molar-refractivity contribution in [2.75, 3.05) is 40.3 Å². The molecule has 9 heteroatoms. The maximum atomic E-state index is 13.0. The standard InChI is InChI=1S/C29H30N2O7/c1-17-22-15-25(35-2)23(32)12-19(22)10-11-31(17)16-24(33)18-6-8-21(9-7-18)30-29(34)20-13-26(36-3)28(38-5)27(14-20)37-4/h6-15,17,32H,16H2,1-5H3,(H,30,34). The highest BCUT2D eigenvalue weighted by Crippen LogP contribution is 2.39. The molecule has 1 aliphatic rings. The Bertz CT molecular complexity index is 1360. The molecule has 3 aromatic rings. The molecule has 0 bridgehead atoms. The first-order valence-electron chi connectivity index (χ1n) is 11.9. The van der Waals surface area contributed by atoms with Crippen LogP contribution in [0.2, 0.25) is 0 Å². The third-order valence-corrected chi connectivity index (χ3v) is 6.50. The molecule has 0 aliphatic carbocycles. The van der Waals surface area contributed by atoms with E-state index in [0.717, 1.165) is 11.1 Å². The number of nitrogens with zero attached hydrogens (tertiary/aromatic N) is 1. The van der Waals surface area contributed by atoms with Crippen molar-refractivity contribution in [3.05, 3.63) is 77.0 Å². The number of ketones is 1. The van der Waals surface area contributed by atoms with E-state index in [1.165, 1.54) is 28.4 Å². The third-order valence-electron chi connectivity index (χ3n) is 6.50. The summed E-state index contributed by atoms with van der Waals surface area (Å²) in [5.41, 5.74) is 3.22. The predicted molar refractivity (Wildman–Crippen MR) is 144 cm³/mol. The van der Waals surface area contributed by atoms with Gasteiger partial charge in [-0.2, -0.15) is 0 Å². The molecule has 1 amide bonds. The molecule has 3 aromatic carbocycles. The molecule has 198 valence electrons. The predicted octanol–water partition coefficient (Wildman–Crippen LogP) is 4.91. The molecule has 0 saturated heterocycles. The van der Waals surface area contributed by atoms with Crippen LogP contribution in [0.5, 0.6) is 28.7 Å². The van der Waals surface area contributed by atoms with Crippen molar-refractivity contribution >= 4 is 23.5 Å². The van der Waals surface area contributed by atoms with Crippen LogP contribution in [0.25, 0.3) is 6.08 Å². The Morgan fingerprint density at radius 1 is 0.868 bits per heavy atom. The normalized spacial score (nSPS) is 13.9. The van der Waals surface area contributed by atoms with Crippen molar-refractivity contribution in [3.63, 3.8) is 0 Å². The molecule has 0 radical (unpaired) electrons. The van der Waals surface area contributed by atoms with E-state index in [1.807, 2.05) is 24.1 Å². The summed E-state index contributed by atoms with van der Waals surface area (Å²) < 4.78 is 21.2. The minimum Gasteiger partial charge on any atom is -0.504 e. The van der Waals surface area contributed by atoms with Gasteiger partial charge in [0, 0.05) is 23.0 Å². The van der Waals surface area contributed by atoms with E-state index in [2.05, 4.69) is 5.32 Å². The van der Waals surface area contributed by atoms with Crippen LogP contribution in [0.15, 0.2) is 54.7 Å². The Morgan fingerprint density at radius 2 is 1.50 bits per heavy atom. The van der Waals surface area contributed by atoms with Crippen LogP contribution < -0.4 is 24.3 Å². The van der Waals surface area contributed by atoms with E-state index in [-0.39, 0.29) is 30.0 Å². The van der Waals surface area contributed by atoms with Crippen LogP contribution in [-0.4, -0.2) is 56.7 Å². The highest BCUT2D eigenvalue weighted by molar-refractivity contribution is 6.05. The fourth-order valence-corrected chi connectivity index (χ4v) is 4.36. The number of carbonyl (C=O) groups excluding carboxylic acids is 2. The van der Waals surface area contributed by atoms with Gasteiger partial charge in [-0.15, -0.1) is 0 Å². The van der Waals surface area contributed by atoms with E-state index in [1.54, 1.807) is 48.5 Å². The number of aromatic hydroxyl groups is 1. The van der Waals surface area contributed by atoms with Gasteiger partial charge in [0.1, 0.15) is 0 Å². The zero-order valence-corrected chi connectivity index (χ0v) is 21.9. The van der Waals surface area contributed by atoms with Gasteiger partial charge in [-0.05, 0) is 72.7 Å². The second kappa shape index (κ2) is 11.2. The lowest BCUT2D eigenvalue weighted by molar-refractivity contribution is 0.0938. The van der Waals surface area contributed by atoms with Gasteiger partial charge in [-0.3, -0.25) is 9.59 Å². The Hall–Kier alpha value is -4.66. The molecule has 0 spiro atoms. The summed E-state index contributed by atoms with van der Waals surface area (Å²) in [6, 6.07) is 13.2. The number of nitrogens with one attached hydrogen (secondary N) is 1. The van der Waals surface area contributed by atoms with Crippen molar-refractivity contribution in [1.82, 2.24) is 4.90 Å². The molecule has 4 rings (SSSR count). The first-order valence-corrected chi connectivity index (χ1v) is 11.9. The van der Waals surface area contributed by atoms with Gasteiger partial charge in [0.2, 0.25) is 5.75 Å². The van der Waals surface area contributed by atoms with Gasteiger partial charge in [0.15, 0.2) is 28.8 Å². The molecular weight excluding hydrogens is 488 g/mol. The van der Waals surface area contributed by atoms with Crippen LogP contribution in [0, 0.1) is 0 Å². The highest BCUT2D eigenvalue weighted by Gasteiger charge is 2.24. The van der Waals surface area contributed by atoms with E-state index < -0.39 is 0 Å². The Balaban J connectivity index is 1.44. The van der Waals surface area contributed by atoms with Gasteiger partial charge >= 0.3 is 0 Å². The van der Waals surface area contributed by atoms with E-state index in [0.29, 0.717) is 39.8 Å². The third kappa shape index (κ3) is 5.22. The highest BCUT2D eigenvalue weighted by atomic mass is 16.5. The molecule has 0 aromatic heterocycles. The average Bonchev–Trinajstić information content (AvgIpc) is 2.93. The number of phenolic OH excluding ortho intramolecular Hbond substituents is 1. The summed E-state index contributed by atoms with van der Waals surface area (Å²) in [4.78, 5) is 27.8. The zero-order chi connectivity index (χ0) is 27.4. The van der Waals surface area contributed by atoms with Gasteiger partial charge in [-0.25, -0.2) is 0 Å². The van der Waals surface area contributed by atoms with Crippen molar-refractivity contribution in [1.29, 1.82) is 0 Å². The molecule has 0 fully saturated rings. The van der Waals surface area contributed by atoms with Crippen molar-refractivity contribution in [2.24, 2.45) is 0 Å². The van der Waals surface area contributed by atoms with Gasteiger partial charge in [-0.1, -0.05) is 0 Å². The summed E-state index contributed by atoms with van der Waals surface area (Å²) in [7, 11) is 5.96. The number of amides is 1. The number of carbonyl (C=O) groups is 2. The first-order chi connectivity index (χ1) is 18.3. The summed E-state index contributed by atoms with van der Waals surface area (Å²) >= 11 is 0. The number of hydrogen-bond donors (Lipinski definition) is 2. The molecule has 38 heavy (non-hydrogen) atoms. The van der Waals surface area contributed by atoms with Crippen LogP contribution in [-0.2, 0) is 0 Å². The number of methoxy groups -OCH3 is 4. The topological polar surface area (TPSA) is 107 Å². The Labute approximate surface area is 221 Å². The van der Waals surface area contributed by atoms with E-state index in [4.69, 9.17) is 18.9 Å². The SMILES string of the molecule is COc1cc2c(cc1O)C=CN(CC(=O)c1ccc(NC(=O)c3cc(OC)c(OC)c(OC)c3)cc1)C2C. The maximum Gasteiger partial charge on any atom is 0.255 e. The molecule has 2 N–H and O–H groups in total. The van der Waals surface area contributed by atoms with Crippen molar-refractivity contribution in [3.8, 4) is 28.7 Å². The second-order valence-electron chi connectivity index (χ2n) is 8.69. The molecule has 1 atom stereocenters. The smallest absolute Gasteiger partial charge is 0.255 e. The number of anilines is 1. The van der Waals surface area contributed by atoms with Crippen LogP contribution in [0.1, 0.15) is 44.8 Å². The van der Waals surface area contributed by atoms with Gasteiger partial charge in [0.25, 0.3) is 5.91 Å². The number of ether oxygens (including phenoxy) is 4. The van der Waals surface area contributed by atoms with Crippen LogP contribution >= 0.6 is 0 Å². The fraction of sp³-hybridized carbons (Fsp3) is 0.241. The maximum absolute atomic E-state index is 13.0. The lowest BCUT2D eigenvalue weighted by atomic mass is 9.96. The number of Topliss-reactive ketones (excluding diaryl/α,β-unsaturated/α-hetero) is 1. The summed E-state index contributed by atoms with van der Waals surface area (Å²) in [6.45, 7) is 2.16. The van der Waals surface area contributed by atoms with Gasteiger partial charge in [0.05, 0.1) is 41.0 Å². The van der Waals surface area contributed by atoms with Crippen LogP contribution in [0.4, 0.5) is 5.69 Å². The largest absolute Gasteiger partial charge is 0.504 e.